The fourth-order valence-electron chi connectivity index (χ4n) is 2.65. The summed E-state index contributed by atoms with van der Waals surface area (Å²) in [6.07, 6.45) is 21.7. The maximum Gasteiger partial charge on any atom is 0.305 e. The molecule has 0 aliphatic heterocycles. The van der Waals surface area contributed by atoms with Crippen molar-refractivity contribution in [3.63, 3.8) is 0 Å². The Morgan fingerprint density at radius 3 is 1.96 bits per heavy atom. The van der Waals surface area contributed by atoms with Crippen molar-refractivity contribution in [2.24, 2.45) is 0 Å². The van der Waals surface area contributed by atoms with E-state index in [0.29, 0.717) is 18.8 Å². The predicted molar refractivity (Wildman–Crippen MR) is 117 cm³/mol. The van der Waals surface area contributed by atoms with Crippen LogP contribution in [0.25, 0.3) is 0 Å². The topological polar surface area (TPSA) is 26.3 Å². The molecule has 0 heterocycles. The Morgan fingerprint density at radius 2 is 1.40 bits per heavy atom. The third-order valence-electron chi connectivity index (χ3n) is 4.29. The van der Waals surface area contributed by atoms with Gasteiger partial charge in [-0.3, -0.25) is 4.79 Å². The quantitative estimate of drug-likeness (QED) is 0.117. The fraction of sp³-hybridized carbons (Fsp3) is 0.857. The van der Waals surface area contributed by atoms with Gasteiger partial charge in [-0.15, -0.1) is 0 Å². The molecule has 2 nitrogen and oxygen atoms in total. The highest BCUT2D eigenvalue weighted by Gasteiger charge is 2.06. The van der Waals surface area contributed by atoms with Crippen molar-refractivity contribution in [1.82, 2.24) is 0 Å². The summed E-state index contributed by atoms with van der Waals surface area (Å²) in [7, 11) is 0. The second-order valence-corrected chi connectivity index (χ2v) is 7.95. The minimum absolute atomic E-state index is 0.0430. The number of hydrogen-bond donors (Lipinski definition) is 2. The highest BCUT2D eigenvalue weighted by molar-refractivity contribution is 7.84. The molecular formula is C21H40O2S2. The number of carbonyl (C=O) groups excluding carboxylic acids is 1. The fourth-order valence-corrected chi connectivity index (χ4v) is 2.83. The number of allylic oxidation sites excluding steroid dienone is 2. The van der Waals surface area contributed by atoms with Gasteiger partial charge >= 0.3 is 5.97 Å². The molecule has 4 heteroatoms. The highest BCUT2D eigenvalue weighted by Crippen LogP contribution is 2.10. The van der Waals surface area contributed by atoms with E-state index in [0.717, 1.165) is 12.8 Å². The molecule has 0 aromatic heterocycles. The zero-order valence-corrected chi connectivity index (χ0v) is 18.0. The molecule has 0 amide bonds. The Hall–Kier alpha value is -0.0900. The number of rotatable bonds is 18. The first-order valence-electron chi connectivity index (χ1n) is 10.3. The lowest BCUT2D eigenvalue weighted by Crippen LogP contribution is -2.15. The number of hydrogen-bond acceptors (Lipinski definition) is 4. The van der Waals surface area contributed by atoms with Gasteiger partial charge in [-0.25, -0.2) is 0 Å². The standard InChI is InChI=1S/C21H40O2S2/c1-2-3-4-5-6-7-8-9-10-11-12-13-14-15-16-17-21(22)23-18-20(25)19-24/h9-10,20,24-25H,2-8,11-19H2,1H3/b10-9-. The SMILES string of the molecule is CCCCCCCC/C=C\CCCCCCCC(=O)OCC(S)CS. The van der Waals surface area contributed by atoms with Crippen LogP contribution in [0.5, 0.6) is 0 Å². The minimum atomic E-state index is -0.0986. The van der Waals surface area contributed by atoms with E-state index < -0.39 is 0 Å². The van der Waals surface area contributed by atoms with Crippen molar-refractivity contribution in [3.05, 3.63) is 12.2 Å². The Morgan fingerprint density at radius 1 is 0.880 bits per heavy atom. The molecule has 0 bridgehead atoms. The van der Waals surface area contributed by atoms with Gasteiger partial charge in [0.25, 0.3) is 0 Å². The van der Waals surface area contributed by atoms with Crippen LogP contribution < -0.4 is 0 Å². The van der Waals surface area contributed by atoms with E-state index in [-0.39, 0.29) is 11.2 Å². The predicted octanol–water partition coefficient (Wildman–Crippen LogP) is 6.80. The van der Waals surface area contributed by atoms with Crippen molar-refractivity contribution < 1.29 is 9.53 Å². The van der Waals surface area contributed by atoms with Crippen molar-refractivity contribution in [2.45, 2.75) is 102 Å². The highest BCUT2D eigenvalue weighted by atomic mass is 32.1. The third-order valence-corrected chi connectivity index (χ3v) is 5.35. The van der Waals surface area contributed by atoms with E-state index in [9.17, 15) is 4.79 Å². The number of thiol groups is 2. The number of esters is 1. The third kappa shape index (κ3) is 20.1. The summed E-state index contributed by atoms with van der Waals surface area (Å²) in [5.74, 6) is 0.530. The molecule has 0 fully saturated rings. The van der Waals surface area contributed by atoms with E-state index in [4.69, 9.17) is 4.74 Å². The van der Waals surface area contributed by atoms with Crippen LogP contribution >= 0.6 is 25.3 Å². The van der Waals surface area contributed by atoms with E-state index in [2.05, 4.69) is 44.3 Å². The Bertz CT molecular complexity index is 319. The first-order valence-corrected chi connectivity index (χ1v) is 11.4. The van der Waals surface area contributed by atoms with Crippen molar-refractivity contribution in [1.29, 1.82) is 0 Å². The van der Waals surface area contributed by atoms with Gasteiger partial charge in [-0.1, -0.05) is 70.4 Å². The van der Waals surface area contributed by atoms with E-state index in [1.54, 1.807) is 0 Å². The maximum atomic E-state index is 11.5. The molecule has 0 saturated heterocycles. The minimum Gasteiger partial charge on any atom is -0.464 e. The summed E-state index contributed by atoms with van der Waals surface area (Å²) in [6.45, 7) is 2.64. The lowest BCUT2D eigenvalue weighted by Gasteiger charge is -2.08. The average Bonchev–Trinajstić information content (AvgIpc) is 2.62. The number of unbranched alkanes of at least 4 members (excludes halogenated alkanes) is 11. The molecule has 0 aromatic rings. The van der Waals surface area contributed by atoms with Crippen LogP contribution in [0.15, 0.2) is 12.2 Å². The normalized spacial score (nSPS) is 12.6. The molecule has 0 radical (unpaired) electrons. The van der Waals surface area contributed by atoms with Gasteiger partial charge < -0.3 is 4.74 Å². The second-order valence-electron chi connectivity index (χ2n) is 6.85. The second kappa shape index (κ2) is 20.2. The van der Waals surface area contributed by atoms with Crippen LogP contribution in [-0.4, -0.2) is 23.6 Å². The molecule has 0 N–H and O–H groups in total. The van der Waals surface area contributed by atoms with Crippen LogP contribution in [-0.2, 0) is 9.53 Å². The van der Waals surface area contributed by atoms with Crippen molar-refractivity contribution in [2.75, 3.05) is 12.4 Å². The van der Waals surface area contributed by atoms with Crippen LogP contribution in [0.2, 0.25) is 0 Å². The molecule has 0 rings (SSSR count). The summed E-state index contributed by atoms with van der Waals surface area (Å²) >= 11 is 8.36. The molecule has 1 atom stereocenters. The Balaban J connectivity index is 3.22. The smallest absolute Gasteiger partial charge is 0.305 e. The molecular weight excluding hydrogens is 348 g/mol. The molecule has 0 spiro atoms. The van der Waals surface area contributed by atoms with E-state index in [1.165, 1.54) is 70.6 Å². The number of ether oxygens (including phenoxy) is 1. The summed E-state index contributed by atoms with van der Waals surface area (Å²) < 4.78 is 5.14. The van der Waals surface area contributed by atoms with Gasteiger partial charge in [0.1, 0.15) is 6.61 Å². The van der Waals surface area contributed by atoms with E-state index in [1.807, 2.05) is 0 Å². The monoisotopic (exact) mass is 388 g/mol. The lowest BCUT2D eigenvalue weighted by molar-refractivity contribution is -0.143. The van der Waals surface area contributed by atoms with Gasteiger partial charge in [-0.05, 0) is 32.1 Å². The van der Waals surface area contributed by atoms with Crippen LogP contribution in [0.3, 0.4) is 0 Å². The first-order chi connectivity index (χ1) is 12.2. The van der Waals surface area contributed by atoms with E-state index >= 15 is 0 Å². The van der Waals surface area contributed by atoms with Gasteiger partial charge in [-0.2, -0.15) is 25.3 Å². The van der Waals surface area contributed by atoms with Crippen LogP contribution in [0.1, 0.15) is 96.8 Å². The van der Waals surface area contributed by atoms with Crippen molar-refractivity contribution >= 4 is 31.2 Å². The van der Waals surface area contributed by atoms with Gasteiger partial charge in [0, 0.05) is 17.4 Å². The molecule has 0 aliphatic rings. The molecule has 1 unspecified atom stereocenters. The summed E-state index contributed by atoms with van der Waals surface area (Å²) in [5, 5.41) is 0.0430. The van der Waals surface area contributed by atoms with Gasteiger partial charge in [0.05, 0.1) is 0 Å². The summed E-state index contributed by atoms with van der Waals surface area (Å²) in [6, 6.07) is 0. The molecule has 148 valence electrons. The lowest BCUT2D eigenvalue weighted by atomic mass is 10.1. The summed E-state index contributed by atoms with van der Waals surface area (Å²) in [4.78, 5) is 11.5. The Labute approximate surface area is 167 Å². The average molecular weight is 389 g/mol. The summed E-state index contributed by atoms with van der Waals surface area (Å²) in [5.41, 5.74) is 0. The first kappa shape index (κ1) is 24.9. The molecule has 25 heavy (non-hydrogen) atoms. The number of carbonyl (C=O) groups is 1. The van der Waals surface area contributed by atoms with Gasteiger partial charge in [0.2, 0.25) is 0 Å². The largest absolute Gasteiger partial charge is 0.464 e. The zero-order chi connectivity index (χ0) is 18.6. The Kier molecular flexibility index (Phi) is 20.2. The molecule has 0 aromatic carbocycles. The van der Waals surface area contributed by atoms with Crippen LogP contribution in [0, 0.1) is 0 Å². The van der Waals surface area contributed by atoms with Crippen molar-refractivity contribution in [3.8, 4) is 0 Å². The zero-order valence-electron chi connectivity index (χ0n) is 16.3. The maximum absolute atomic E-state index is 11.5. The molecule has 0 saturated carbocycles. The van der Waals surface area contributed by atoms with Crippen LogP contribution in [0.4, 0.5) is 0 Å². The van der Waals surface area contributed by atoms with Gasteiger partial charge in [0.15, 0.2) is 0 Å². The molecule has 0 aliphatic carbocycles.